The maximum atomic E-state index is 4.83. The van der Waals surface area contributed by atoms with Gasteiger partial charge >= 0.3 is 0 Å². The van der Waals surface area contributed by atoms with Crippen LogP contribution in [0.4, 0.5) is 0 Å². The quantitative estimate of drug-likeness (QED) is 0.181. The Labute approximate surface area is 280 Å². The first-order valence-corrected chi connectivity index (χ1v) is 16.6. The molecular formula is C46H32N2. The second-order valence-electron chi connectivity index (χ2n) is 12.5. The van der Waals surface area contributed by atoms with Gasteiger partial charge in [0.25, 0.3) is 0 Å². The van der Waals surface area contributed by atoms with Crippen LogP contribution in [-0.2, 0) is 6.42 Å². The van der Waals surface area contributed by atoms with Crippen LogP contribution in [0.1, 0.15) is 12.5 Å². The largest absolute Gasteiger partial charge is 0.265 e. The molecule has 0 fully saturated rings. The third kappa shape index (κ3) is 4.65. The monoisotopic (exact) mass is 612 g/mol. The average Bonchev–Trinajstić information content (AvgIpc) is 3.16. The predicted molar refractivity (Wildman–Crippen MR) is 203 cm³/mol. The van der Waals surface area contributed by atoms with E-state index >= 15 is 0 Å². The van der Waals surface area contributed by atoms with Crippen molar-refractivity contribution in [2.24, 2.45) is 0 Å². The van der Waals surface area contributed by atoms with Gasteiger partial charge in [0.15, 0.2) is 0 Å². The van der Waals surface area contributed by atoms with Crippen molar-refractivity contribution < 1.29 is 0 Å². The molecule has 0 atom stereocenters. The molecule has 9 aromatic rings. The highest BCUT2D eigenvalue weighted by Gasteiger charge is 2.19. The molecule has 0 N–H and O–H groups in total. The molecule has 0 radical (unpaired) electrons. The molecule has 2 heterocycles. The first-order chi connectivity index (χ1) is 23.8. The number of aryl methyl sites for hydroxylation is 1. The van der Waals surface area contributed by atoms with Crippen molar-refractivity contribution in [3.05, 3.63) is 170 Å². The van der Waals surface area contributed by atoms with Gasteiger partial charge in [-0.3, -0.25) is 9.97 Å². The SMILES string of the molecule is CCc1ccc2cc(-c3c4ccccc4c(-c4ccc(-c5ccc(-c6ccncc6)nc5)c5ccccc45)c4ccccc34)ccc2c1. The topological polar surface area (TPSA) is 25.8 Å². The van der Waals surface area contributed by atoms with Crippen molar-refractivity contribution in [3.8, 4) is 44.6 Å². The Morgan fingerprint density at radius 2 is 1.00 bits per heavy atom. The van der Waals surface area contributed by atoms with E-state index in [2.05, 4.69) is 145 Å². The van der Waals surface area contributed by atoms with Gasteiger partial charge in [-0.05, 0) is 107 Å². The lowest BCUT2D eigenvalue weighted by Crippen LogP contribution is -1.93. The number of rotatable bonds is 5. The van der Waals surface area contributed by atoms with Crippen LogP contribution in [0.3, 0.4) is 0 Å². The Bertz CT molecular complexity index is 2580. The summed E-state index contributed by atoms with van der Waals surface area (Å²) in [6, 6.07) is 53.3. The first kappa shape index (κ1) is 28.1. The Balaban J connectivity index is 1.26. The Kier molecular flexibility index (Phi) is 6.80. The molecule has 0 aliphatic rings. The molecule has 2 nitrogen and oxygen atoms in total. The van der Waals surface area contributed by atoms with Crippen LogP contribution in [0.15, 0.2) is 164 Å². The number of benzene rings is 7. The summed E-state index contributed by atoms with van der Waals surface area (Å²) in [6.45, 7) is 2.21. The van der Waals surface area contributed by atoms with E-state index in [1.54, 1.807) is 12.4 Å². The van der Waals surface area contributed by atoms with Crippen LogP contribution in [-0.4, -0.2) is 9.97 Å². The molecule has 2 heteroatoms. The smallest absolute Gasteiger partial charge is 0.0703 e. The summed E-state index contributed by atoms with van der Waals surface area (Å²) in [7, 11) is 0. The second-order valence-corrected chi connectivity index (χ2v) is 12.5. The van der Waals surface area contributed by atoms with Crippen molar-refractivity contribution in [2.75, 3.05) is 0 Å². The van der Waals surface area contributed by atoms with Crippen molar-refractivity contribution >= 4 is 43.1 Å². The molecule has 9 rings (SSSR count). The van der Waals surface area contributed by atoms with Crippen LogP contribution < -0.4 is 0 Å². The Morgan fingerprint density at radius 1 is 0.438 bits per heavy atom. The van der Waals surface area contributed by atoms with E-state index in [9.17, 15) is 0 Å². The number of fused-ring (bicyclic) bond motifs is 4. The molecule has 0 saturated carbocycles. The van der Waals surface area contributed by atoms with E-state index in [-0.39, 0.29) is 0 Å². The fraction of sp³-hybridized carbons (Fsp3) is 0.0435. The summed E-state index contributed by atoms with van der Waals surface area (Å²) in [5, 5.41) is 10.0. The maximum absolute atomic E-state index is 4.83. The zero-order valence-electron chi connectivity index (χ0n) is 26.7. The number of hydrogen-bond acceptors (Lipinski definition) is 2. The molecule has 0 amide bonds. The van der Waals surface area contributed by atoms with Crippen LogP contribution in [0.2, 0.25) is 0 Å². The van der Waals surface area contributed by atoms with Gasteiger partial charge < -0.3 is 0 Å². The van der Waals surface area contributed by atoms with Crippen LogP contribution in [0.25, 0.3) is 87.7 Å². The Hall–Kier alpha value is -6.12. The number of nitrogens with zero attached hydrogens (tertiary/aromatic N) is 2. The third-order valence-corrected chi connectivity index (χ3v) is 9.78. The summed E-state index contributed by atoms with van der Waals surface area (Å²) < 4.78 is 0. The molecule has 0 aliphatic heterocycles. The van der Waals surface area contributed by atoms with E-state index in [0.29, 0.717) is 0 Å². The normalized spacial score (nSPS) is 11.5. The van der Waals surface area contributed by atoms with Gasteiger partial charge in [-0.2, -0.15) is 0 Å². The lowest BCUT2D eigenvalue weighted by atomic mass is 9.83. The third-order valence-electron chi connectivity index (χ3n) is 9.78. The molecule has 0 aliphatic carbocycles. The fourth-order valence-electron chi connectivity index (χ4n) is 7.42. The summed E-state index contributed by atoms with van der Waals surface area (Å²) in [5.41, 5.74) is 10.7. The summed E-state index contributed by atoms with van der Waals surface area (Å²) >= 11 is 0. The van der Waals surface area contributed by atoms with Gasteiger partial charge in [0.05, 0.1) is 5.69 Å². The minimum atomic E-state index is 0.942. The lowest BCUT2D eigenvalue weighted by molar-refractivity contribution is 1.15. The van der Waals surface area contributed by atoms with Crippen molar-refractivity contribution in [1.29, 1.82) is 0 Å². The standard InChI is InChI=1S/C46H32N2/c1-2-30-15-16-33-28-34(18-17-32(33)27-30)45-39-11-5-7-13-41(39)46(42-14-8-6-12-40(42)45)43-21-20-36(37-9-3-4-10-38(37)43)35-19-22-44(48-29-35)31-23-25-47-26-24-31/h3-29H,2H2,1H3. The summed E-state index contributed by atoms with van der Waals surface area (Å²) in [4.78, 5) is 8.98. The highest BCUT2D eigenvalue weighted by Crippen LogP contribution is 2.46. The molecule has 0 bridgehead atoms. The predicted octanol–water partition coefficient (Wildman–Crippen LogP) is 12.3. The molecule has 226 valence electrons. The van der Waals surface area contributed by atoms with E-state index in [1.807, 2.05) is 18.3 Å². The fourth-order valence-corrected chi connectivity index (χ4v) is 7.42. The van der Waals surface area contributed by atoms with Gasteiger partial charge in [0.2, 0.25) is 0 Å². The molecular weight excluding hydrogens is 581 g/mol. The minimum Gasteiger partial charge on any atom is -0.265 e. The first-order valence-electron chi connectivity index (χ1n) is 16.6. The molecule has 7 aromatic carbocycles. The zero-order chi connectivity index (χ0) is 32.0. The van der Waals surface area contributed by atoms with Crippen LogP contribution >= 0.6 is 0 Å². The Morgan fingerprint density at radius 3 is 1.65 bits per heavy atom. The lowest BCUT2D eigenvalue weighted by Gasteiger charge is -2.20. The van der Waals surface area contributed by atoms with Crippen molar-refractivity contribution in [2.45, 2.75) is 13.3 Å². The maximum Gasteiger partial charge on any atom is 0.0703 e. The average molecular weight is 613 g/mol. The minimum absolute atomic E-state index is 0.942. The summed E-state index contributed by atoms with van der Waals surface area (Å²) in [5.74, 6) is 0. The molecule has 0 saturated heterocycles. The van der Waals surface area contributed by atoms with Gasteiger partial charge in [-0.1, -0.05) is 128 Å². The van der Waals surface area contributed by atoms with E-state index in [0.717, 1.165) is 23.2 Å². The van der Waals surface area contributed by atoms with Crippen molar-refractivity contribution in [1.82, 2.24) is 9.97 Å². The molecule has 0 unspecified atom stereocenters. The van der Waals surface area contributed by atoms with Crippen LogP contribution in [0.5, 0.6) is 0 Å². The summed E-state index contributed by atoms with van der Waals surface area (Å²) in [6.07, 6.45) is 6.64. The number of aromatic nitrogens is 2. The van der Waals surface area contributed by atoms with E-state index in [4.69, 9.17) is 4.98 Å². The van der Waals surface area contributed by atoms with Gasteiger partial charge in [0.1, 0.15) is 0 Å². The van der Waals surface area contributed by atoms with Gasteiger partial charge in [-0.15, -0.1) is 0 Å². The molecule has 2 aromatic heterocycles. The number of pyridine rings is 2. The second kappa shape index (κ2) is 11.6. The molecule has 48 heavy (non-hydrogen) atoms. The van der Waals surface area contributed by atoms with Crippen LogP contribution in [0, 0.1) is 0 Å². The highest BCUT2D eigenvalue weighted by molar-refractivity contribution is 6.24. The van der Waals surface area contributed by atoms with E-state index in [1.165, 1.54) is 76.5 Å². The van der Waals surface area contributed by atoms with Gasteiger partial charge in [0, 0.05) is 29.7 Å². The highest BCUT2D eigenvalue weighted by atomic mass is 14.7. The number of hydrogen-bond donors (Lipinski definition) is 0. The molecule has 0 spiro atoms. The van der Waals surface area contributed by atoms with Gasteiger partial charge in [-0.25, -0.2) is 0 Å². The zero-order valence-corrected chi connectivity index (χ0v) is 26.7. The van der Waals surface area contributed by atoms with Crippen molar-refractivity contribution in [3.63, 3.8) is 0 Å². The van der Waals surface area contributed by atoms with E-state index < -0.39 is 0 Å².